The van der Waals surface area contributed by atoms with E-state index in [-0.39, 0.29) is 12.0 Å². The highest BCUT2D eigenvalue weighted by Gasteiger charge is 2.35. The van der Waals surface area contributed by atoms with E-state index in [1.54, 1.807) is 0 Å². The lowest BCUT2D eigenvalue weighted by Crippen LogP contribution is -2.41. The van der Waals surface area contributed by atoms with Crippen LogP contribution >= 0.6 is 12.1 Å². The molecule has 10 nitrogen and oxygen atoms in total. The molecule has 0 radical (unpaired) electrons. The molecule has 1 aromatic rings. The van der Waals surface area contributed by atoms with Crippen LogP contribution in [0.1, 0.15) is 18.2 Å². The molecule has 3 atom stereocenters. The lowest BCUT2D eigenvalue weighted by molar-refractivity contribution is -0.0460. The summed E-state index contributed by atoms with van der Waals surface area (Å²) in [7, 11) is 0. The Morgan fingerprint density at radius 3 is 2.77 bits per heavy atom. The van der Waals surface area contributed by atoms with Crippen molar-refractivity contribution in [1.82, 2.24) is 13.3 Å². The number of hydrogen-bond acceptors (Lipinski definition) is 7. The third-order valence-electron chi connectivity index (χ3n) is 3.17. The molecule has 11 heteroatoms. The molecule has 122 valence electrons. The molecule has 0 saturated carbocycles. The number of ether oxygens (including phenoxy) is 1. The van der Waals surface area contributed by atoms with Crippen molar-refractivity contribution in [1.29, 1.82) is 0 Å². The fraction of sp³-hybridized carbons (Fsp3) is 0.545. The van der Waals surface area contributed by atoms with Crippen LogP contribution in [0.15, 0.2) is 15.8 Å². The molecule has 2 heterocycles. The van der Waals surface area contributed by atoms with Crippen molar-refractivity contribution in [3.63, 3.8) is 0 Å². The minimum atomic E-state index is -1.41. The van der Waals surface area contributed by atoms with E-state index in [9.17, 15) is 19.5 Å². The number of nitrogens with zero attached hydrogens (tertiary/aromatic N) is 2. The van der Waals surface area contributed by atoms with E-state index in [4.69, 9.17) is 14.9 Å². The summed E-state index contributed by atoms with van der Waals surface area (Å²) in [4.78, 5) is 34.7. The molecule has 1 fully saturated rings. The van der Waals surface area contributed by atoms with E-state index in [1.807, 2.05) is 4.72 Å². The van der Waals surface area contributed by atoms with Crippen LogP contribution in [0, 0.1) is 6.92 Å². The summed E-state index contributed by atoms with van der Waals surface area (Å²) in [6, 6.07) is 0. The Morgan fingerprint density at radius 2 is 2.23 bits per heavy atom. The summed E-state index contributed by atoms with van der Waals surface area (Å²) in [5.41, 5.74) is -1.26. The summed E-state index contributed by atoms with van der Waals surface area (Å²) in [6.45, 7) is 1.06. The van der Waals surface area contributed by atoms with E-state index < -0.39 is 42.4 Å². The predicted molar refractivity (Wildman–Crippen MR) is 75.5 cm³/mol. The quantitative estimate of drug-likeness (QED) is 0.495. The Bertz CT molecular complexity index is 685. The lowest BCUT2D eigenvalue weighted by Gasteiger charge is -2.16. The molecule has 1 amide bonds. The van der Waals surface area contributed by atoms with Crippen LogP contribution in [0.5, 0.6) is 0 Å². The Hall–Kier alpha value is -1.82. The number of aryl methyl sites for hydroxylation is 1. The third-order valence-corrected chi connectivity index (χ3v) is 3.94. The largest absolute Gasteiger partial charge is 0.464 e. The Morgan fingerprint density at radius 1 is 1.55 bits per heavy atom. The second kappa shape index (κ2) is 6.52. The first-order valence-corrected chi connectivity index (χ1v) is 7.08. The van der Waals surface area contributed by atoms with Crippen LogP contribution in [0.3, 0.4) is 0 Å². The molecule has 3 unspecified atom stereocenters. The van der Waals surface area contributed by atoms with Crippen LogP contribution in [-0.4, -0.2) is 48.8 Å². The van der Waals surface area contributed by atoms with Crippen molar-refractivity contribution in [2.75, 3.05) is 6.61 Å². The zero-order valence-corrected chi connectivity index (χ0v) is 12.3. The number of amides is 1. The molecular weight excluding hydrogens is 318 g/mol. The summed E-state index contributed by atoms with van der Waals surface area (Å²) in [6.07, 6.45) is -2.66. The van der Waals surface area contributed by atoms with Crippen molar-refractivity contribution < 1.29 is 24.9 Å². The van der Waals surface area contributed by atoms with E-state index in [1.165, 1.54) is 13.1 Å². The molecule has 0 aromatic carbocycles. The Labute approximate surface area is 128 Å². The van der Waals surface area contributed by atoms with Crippen LogP contribution in [0.4, 0.5) is 4.79 Å². The Kier molecular flexibility index (Phi) is 4.90. The first-order chi connectivity index (χ1) is 10.3. The van der Waals surface area contributed by atoms with E-state index >= 15 is 0 Å². The maximum Gasteiger partial charge on any atom is 0.416 e. The number of aromatic nitrogens is 2. The second-order valence-electron chi connectivity index (χ2n) is 4.71. The number of carboxylic acid groups (broad SMARTS) is 1. The van der Waals surface area contributed by atoms with Crippen LogP contribution in [-0.2, 0) is 4.74 Å². The van der Waals surface area contributed by atoms with Gasteiger partial charge < -0.3 is 20.1 Å². The topological polar surface area (TPSA) is 143 Å². The lowest BCUT2D eigenvalue weighted by atomic mass is 10.2. The smallest absolute Gasteiger partial charge is 0.416 e. The van der Waals surface area contributed by atoms with E-state index in [0.717, 1.165) is 4.57 Å². The fourth-order valence-corrected chi connectivity index (χ4v) is 2.66. The van der Waals surface area contributed by atoms with Gasteiger partial charge in [-0.15, -0.1) is 0 Å². The summed E-state index contributed by atoms with van der Waals surface area (Å²) in [5, 5.41) is 27.3. The summed E-state index contributed by atoms with van der Waals surface area (Å²) < 4.78 is 8.97. The number of aliphatic hydroxyl groups excluding tert-OH is 2. The van der Waals surface area contributed by atoms with Gasteiger partial charge in [-0.1, -0.05) is 0 Å². The molecule has 22 heavy (non-hydrogen) atoms. The normalized spacial score (nSPS) is 24.4. The van der Waals surface area contributed by atoms with Gasteiger partial charge in [0.1, 0.15) is 12.3 Å². The van der Waals surface area contributed by atoms with Gasteiger partial charge >= 0.3 is 11.8 Å². The van der Waals surface area contributed by atoms with Gasteiger partial charge in [-0.2, -0.15) is 3.97 Å². The zero-order chi connectivity index (χ0) is 16.4. The van der Waals surface area contributed by atoms with Gasteiger partial charge in [0, 0.05) is 18.2 Å². The molecular formula is C11H15N3O7S. The second-order valence-corrected chi connectivity index (χ2v) is 5.47. The van der Waals surface area contributed by atoms with Gasteiger partial charge in [-0.25, -0.2) is 14.3 Å². The number of nitrogens with one attached hydrogen (secondary N) is 1. The van der Waals surface area contributed by atoms with Crippen molar-refractivity contribution in [2.45, 2.75) is 31.8 Å². The summed E-state index contributed by atoms with van der Waals surface area (Å²) >= 11 is 0.330. The highest BCUT2D eigenvalue weighted by molar-refractivity contribution is 7.96. The monoisotopic (exact) mass is 333 g/mol. The molecule has 1 aromatic heterocycles. The fourth-order valence-electron chi connectivity index (χ4n) is 2.09. The first-order valence-electron chi connectivity index (χ1n) is 6.30. The van der Waals surface area contributed by atoms with Crippen molar-refractivity contribution >= 4 is 18.2 Å². The number of hydrogen-bond donors (Lipinski definition) is 4. The molecule has 1 aliphatic rings. The number of rotatable bonds is 4. The minimum absolute atomic E-state index is 0.0692. The summed E-state index contributed by atoms with van der Waals surface area (Å²) in [5.74, 6) is 0. The minimum Gasteiger partial charge on any atom is -0.464 e. The van der Waals surface area contributed by atoms with Crippen LogP contribution in [0.2, 0.25) is 0 Å². The van der Waals surface area contributed by atoms with Gasteiger partial charge in [0.25, 0.3) is 5.56 Å². The van der Waals surface area contributed by atoms with Gasteiger partial charge in [0.05, 0.1) is 24.8 Å². The standard InChI is InChI=1S/C11H15N3O7S/c1-5-3-13(8-2-6(16)7(4-15)21-8)11(20)14(9(5)17)22-12-10(18)19/h3,6-8,12,15-16H,2,4H2,1H3,(H,18,19). The zero-order valence-electron chi connectivity index (χ0n) is 11.5. The van der Waals surface area contributed by atoms with Crippen LogP contribution < -0.4 is 16.0 Å². The molecule has 1 saturated heterocycles. The average Bonchev–Trinajstić information content (AvgIpc) is 2.83. The van der Waals surface area contributed by atoms with Gasteiger partial charge in [-0.05, 0) is 6.92 Å². The van der Waals surface area contributed by atoms with Gasteiger partial charge in [0.2, 0.25) is 0 Å². The van der Waals surface area contributed by atoms with Crippen molar-refractivity contribution in [3.8, 4) is 0 Å². The van der Waals surface area contributed by atoms with E-state index in [2.05, 4.69) is 0 Å². The van der Waals surface area contributed by atoms with Crippen molar-refractivity contribution in [2.24, 2.45) is 0 Å². The van der Waals surface area contributed by atoms with Crippen molar-refractivity contribution in [3.05, 3.63) is 32.6 Å². The molecule has 0 aliphatic carbocycles. The maximum absolute atomic E-state index is 12.3. The molecule has 4 N–H and O–H groups in total. The average molecular weight is 333 g/mol. The molecule has 0 spiro atoms. The van der Waals surface area contributed by atoms with Crippen LogP contribution in [0.25, 0.3) is 0 Å². The number of carbonyl (C=O) groups is 1. The molecule has 1 aliphatic heterocycles. The highest BCUT2D eigenvalue weighted by Crippen LogP contribution is 2.27. The predicted octanol–water partition coefficient (Wildman–Crippen LogP) is -1.36. The highest BCUT2D eigenvalue weighted by atomic mass is 32.2. The third kappa shape index (κ3) is 3.16. The maximum atomic E-state index is 12.3. The van der Waals surface area contributed by atoms with Gasteiger partial charge in [0.15, 0.2) is 0 Å². The van der Waals surface area contributed by atoms with E-state index in [0.29, 0.717) is 16.1 Å². The number of aliphatic hydroxyl groups is 2. The first kappa shape index (κ1) is 16.5. The molecule has 2 rings (SSSR count). The Balaban J connectivity index is 2.39. The SMILES string of the molecule is Cc1cn(C2CC(O)C(CO)O2)c(=O)n(SNC(=O)O)c1=O. The molecule has 0 bridgehead atoms. The van der Waals surface area contributed by atoms with Gasteiger partial charge in [-0.3, -0.25) is 9.36 Å².